The molecule has 3 heterocycles. The molecule has 2 aliphatic heterocycles. The maximum atomic E-state index is 13.8. The first-order valence-corrected chi connectivity index (χ1v) is 16.0. The van der Waals surface area contributed by atoms with Crippen LogP contribution in [0.25, 0.3) is 0 Å². The number of morpholine rings is 1. The lowest BCUT2D eigenvalue weighted by atomic mass is 10.0. The summed E-state index contributed by atoms with van der Waals surface area (Å²) < 4.78 is 49.4. The first-order chi connectivity index (χ1) is 23.7. The van der Waals surface area contributed by atoms with Crippen LogP contribution in [0.2, 0.25) is 0 Å². The van der Waals surface area contributed by atoms with Gasteiger partial charge in [-0.25, -0.2) is 13.2 Å². The third-order valence-corrected chi connectivity index (χ3v) is 7.56. The first kappa shape index (κ1) is 42.7. The third-order valence-electron chi connectivity index (χ3n) is 7.56. The lowest BCUT2D eigenvalue weighted by molar-refractivity contribution is -0.130. The number of nitrogens with one attached hydrogen (secondary N) is 3. The minimum Gasteiger partial charge on any atom is -0.466 e. The normalized spacial score (nSPS) is 17.9. The van der Waals surface area contributed by atoms with Crippen molar-refractivity contribution in [1.29, 1.82) is 0 Å². The fourth-order valence-corrected chi connectivity index (χ4v) is 4.96. The van der Waals surface area contributed by atoms with E-state index in [0.717, 1.165) is 23.5 Å². The average Bonchev–Trinajstić information content (AvgIpc) is 3.56. The Balaban J connectivity index is 0.000000371. The first-order valence-electron chi connectivity index (χ1n) is 16.0. The van der Waals surface area contributed by atoms with Gasteiger partial charge >= 0.3 is 0 Å². The number of terminal acetylenes is 1. The van der Waals surface area contributed by atoms with Gasteiger partial charge in [-0.2, -0.15) is 0 Å². The fraction of sp³-hybridized carbons (Fsp3) is 0.432. The SMILES string of the molecule is C#C.CC=O.CNC1CCN(C)C1.CNc1cncc(F)c1CC[C@@H]1CN[C@H](COC=O)CO1.Fc1ccc(Cc2ccc(F)cc2)cc1. The minimum atomic E-state index is -0.303. The van der Waals surface area contributed by atoms with E-state index in [2.05, 4.69) is 45.7 Å². The topological polar surface area (TPSA) is 105 Å². The molecule has 1 aromatic heterocycles. The molecule has 3 N–H and O–H groups in total. The van der Waals surface area contributed by atoms with E-state index in [1.807, 2.05) is 7.05 Å². The number of carbonyl (C=O) groups is 2. The van der Waals surface area contributed by atoms with Crippen LogP contribution in [0, 0.1) is 30.3 Å². The summed E-state index contributed by atoms with van der Waals surface area (Å²) >= 11 is 0. The smallest absolute Gasteiger partial charge is 0.293 e. The summed E-state index contributed by atoms with van der Waals surface area (Å²) in [7, 11) is 5.94. The van der Waals surface area contributed by atoms with E-state index in [9.17, 15) is 18.0 Å². The zero-order chi connectivity index (χ0) is 36.4. The highest BCUT2D eigenvalue weighted by atomic mass is 19.1. The molecule has 9 nitrogen and oxygen atoms in total. The van der Waals surface area contributed by atoms with E-state index in [-0.39, 0.29) is 29.6 Å². The number of aromatic nitrogens is 1. The lowest BCUT2D eigenvalue weighted by Gasteiger charge is -2.30. The van der Waals surface area contributed by atoms with Gasteiger partial charge < -0.3 is 35.1 Å². The molecule has 1 unspecified atom stereocenters. The summed E-state index contributed by atoms with van der Waals surface area (Å²) in [6.45, 7) is 5.80. The maximum Gasteiger partial charge on any atom is 0.293 e. The van der Waals surface area contributed by atoms with Crippen molar-refractivity contribution >= 4 is 18.4 Å². The van der Waals surface area contributed by atoms with Crippen LogP contribution in [0.4, 0.5) is 18.9 Å². The third kappa shape index (κ3) is 17.6. The Morgan fingerprint density at radius 2 is 1.61 bits per heavy atom. The summed E-state index contributed by atoms with van der Waals surface area (Å²) in [4.78, 5) is 25.1. The van der Waals surface area contributed by atoms with Crippen LogP contribution in [0.5, 0.6) is 0 Å². The van der Waals surface area contributed by atoms with Crippen molar-refractivity contribution in [2.75, 3.05) is 59.3 Å². The highest BCUT2D eigenvalue weighted by Crippen LogP contribution is 2.20. The van der Waals surface area contributed by atoms with Gasteiger partial charge in [0.25, 0.3) is 6.47 Å². The number of benzene rings is 2. The number of ether oxygens (including phenoxy) is 2. The minimum absolute atomic E-state index is 0.0229. The molecule has 3 aromatic rings. The highest BCUT2D eigenvalue weighted by Gasteiger charge is 2.22. The molecule has 0 radical (unpaired) electrons. The molecule has 2 saturated heterocycles. The molecule has 268 valence electrons. The van der Waals surface area contributed by atoms with Crippen molar-refractivity contribution in [2.24, 2.45) is 0 Å². The van der Waals surface area contributed by atoms with Crippen LogP contribution in [-0.2, 0) is 31.9 Å². The molecular formula is C37H50F3N5O4. The Bertz CT molecular complexity index is 1290. The summed E-state index contributed by atoms with van der Waals surface area (Å²) in [6.07, 6.45) is 14.9. The number of anilines is 1. The number of likely N-dealkylation sites (tertiary alicyclic amines) is 1. The van der Waals surface area contributed by atoms with Crippen molar-refractivity contribution in [3.05, 3.63) is 95.1 Å². The van der Waals surface area contributed by atoms with Crippen molar-refractivity contribution in [1.82, 2.24) is 20.5 Å². The largest absolute Gasteiger partial charge is 0.466 e. The monoisotopic (exact) mass is 685 g/mol. The van der Waals surface area contributed by atoms with Gasteiger partial charge in [-0.3, -0.25) is 9.78 Å². The van der Waals surface area contributed by atoms with Gasteiger partial charge in [0.15, 0.2) is 0 Å². The van der Waals surface area contributed by atoms with Gasteiger partial charge in [0.05, 0.1) is 36.8 Å². The summed E-state index contributed by atoms with van der Waals surface area (Å²) in [5, 5.41) is 9.45. The second-order valence-electron chi connectivity index (χ2n) is 11.1. The summed E-state index contributed by atoms with van der Waals surface area (Å²) in [5.74, 6) is -0.779. The lowest BCUT2D eigenvalue weighted by Crippen LogP contribution is -2.48. The molecule has 2 aliphatic rings. The van der Waals surface area contributed by atoms with Gasteiger partial charge in [-0.05, 0) is 88.6 Å². The standard InChI is InChI=1S/C14H20FN3O3.C13H10F2.C6H14N2.C2H4O.C2H2/c1-16-14-6-17-5-13(15)12(14)3-2-11-4-18-10(8-21-11)7-20-9-19;14-12-5-1-10(2-6-12)9-11-3-7-13(15)8-4-11;1-7-6-3-4-8(2)5-6;1-2-3;1-2/h5-6,9-11,16,18H,2-4,7-8H2,1H3;1-8H,9H2;6-7H,3-5H2,1-2H3;2H,1H3;1-2H/t10-,11-;;;;/m1..../s1. The van der Waals surface area contributed by atoms with Crippen LogP contribution < -0.4 is 16.0 Å². The number of hydrogen-bond donors (Lipinski definition) is 3. The number of carbonyl (C=O) groups excluding carboxylic acids is 2. The molecule has 0 aliphatic carbocycles. The molecule has 0 amide bonds. The molecule has 0 saturated carbocycles. The second-order valence-corrected chi connectivity index (χ2v) is 11.1. The average molecular weight is 686 g/mol. The Labute approximate surface area is 289 Å². The van der Waals surface area contributed by atoms with E-state index in [4.69, 9.17) is 14.3 Å². The number of hydrogen-bond acceptors (Lipinski definition) is 9. The van der Waals surface area contributed by atoms with Gasteiger partial charge in [-0.15, -0.1) is 12.8 Å². The maximum absolute atomic E-state index is 13.8. The van der Waals surface area contributed by atoms with E-state index >= 15 is 0 Å². The molecule has 49 heavy (non-hydrogen) atoms. The van der Waals surface area contributed by atoms with E-state index in [1.165, 1.54) is 56.9 Å². The Hall–Kier alpha value is -4.28. The van der Waals surface area contributed by atoms with E-state index in [0.29, 0.717) is 56.7 Å². The van der Waals surface area contributed by atoms with Crippen molar-refractivity contribution in [3.8, 4) is 12.8 Å². The van der Waals surface area contributed by atoms with Gasteiger partial charge in [-0.1, -0.05) is 24.3 Å². The van der Waals surface area contributed by atoms with Crippen LogP contribution in [0.1, 0.15) is 36.5 Å². The number of likely N-dealkylation sites (N-methyl/N-ethyl adjacent to an activating group) is 2. The molecule has 5 rings (SSSR count). The molecule has 2 fully saturated rings. The van der Waals surface area contributed by atoms with Crippen molar-refractivity contribution in [2.45, 2.75) is 50.8 Å². The molecule has 2 aromatic carbocycles. The Kier molecular flexibility index (Phi) is 22.4. The summed E-state index contributed by atoms with van der Waals surface area (Å²) in [5.41, 5.74) is 3.37. The van der Waals surface area contributed by atoms with Crippen LogP contribution >= 0.6 is 0 Å². The molecule has 12 heteroatoms. The van der Waals surface area contributed by atoms with Crippen LogP contribution in [-0.4, -0.2) is 94.8 Å². The van der Waals surface area contributed by atoms with Crippen LogP contribution in [0.3, 0.4) is 0 Å². The molecule has 3 atom stereocenters. The van der Waals surface area contributed by atoms with Gasteiger partial charge in [0, 0.05) is 31.7 Å². The van der Waals surface area contributed by atoms with E-state index in [1.54, 1.807) is 37.5 Å². The fourth-order valence-electron chi connectivity index (χ4n) is 4.96. The zero-order valence-corrected chi connectivity index (χ0v) is 28.8. The van der Waals surface area contributed by atoms with Crippen molar-refractivity contribution in [3.63, 3.8) is 0 Å². The summed E-state index contributed by atoms with van der Waals surface area (Å²) in [6, 6.07) is 13.4. The van der Waals surface area contributed by atoms with Gasteiger partial charge in [0.1, 0.15) is 30.3 Å². The molecule has 0 bridgehead atoms. The van der Waals surface area contributed by atoms with Crippen molar-refractivity contribution < 1.29 is 32.2 Å². The number of rotatable bonds is 10. The van der Waals surface area contributed by atoms with E-state index < -0.39 is 0 Å². The molecule has 0 spiro atoms. The Morgan fingerprint density at radius 3 is 2.04 bits per heavy atom. The van der Waals surface area contributed by atoms with Crippen LogP contribution in [0.15, 0.2) is 60.9 Å². The predicted molar refractivity (Wildman–Crippen MR) is 188 cm³/mol. The zero-order valence-electron chi connectivity index (χ0n) is 28.8. The second kappa shape index (κ2) is 25.7. The number of nitrogens with zero attached hydrogens (tertiary/aromatic N) is 2. The number of aldehydes is 1. The highest BCUT2D eigenvalue weighted by molar-refractivity contribution is 5.49. The quantitative estimate of drug-likeness (QED) is 0.208. The number of halogens is 3. The molecular weight excluding hydrogens is 635 g/mol. The Morgan fingerprint density at radius 1 is 1.02 bits per heavy atom. The predicted octanol–water partition coefficient (Wildman–Crippen LogP) is 4.65. The van der Waals surface area contributed by atoms with Gasteiger partial charge in [0.2, 0.25) is 0 Å². The number of pyridine rings is 1.